The molecule has 0 spiro atoms. The first-order valence-electron chi connectivity index (χ1n) is 11.5. The molecule has 1 atom stereocenters. The predicted octanol–water partition coefficient (Wildman–Crippen LogP) is 4.12. The molecule has 1 aliphatic heterocycles. The van der Waals surface area contributed by atoms with Gasteiger partial charge >= 0.3 is 0 Å². The molecule has 190 valence electrons. The molecule has 0 N–H and O–H groups in total. The van der Waals surface area contributed by atoms with Gasteiger partial charge in [0.1, 0.15) is 0 Å². The van der Waals surface area contributed by atoms with Crippen LogP contribution in [0.1, 0.15) is 28.4 Å². The van der Waals surface area contributed by atoms with Crippen LogP contribution in [0.4, 0.5) is 5.69 Å². The second-order valence-corrected chi connectivity index (χ2v) is 10.5. The van der Waals surface area contributed by atoms with E-state index < -0.39 is 10.0 Å². The summed E-state index contributed by atoms with van der Waals surface area (Å²) >= 11 is 0. The molecule has 4 rings (SSSR count). The maximum absolute atomic E-state index is 13.3. The molecule has 0 fully saturated rings. The van der Waals surface area contributed by atoms with E-state index in [9.17, 15) is 13.2 Å². The van der Waals surface area contributed by atoms with Crippen LogP contribution in [-0.2, 0) is 23.0 Å². The largest absolute Gasteiger partial charge is 0.493 e. The third-order valence-corrected chi connectivity index (χ3v) is 8.21. The van der Waals surface area contributed by atoms with Gasteiger partial charge in [-0.25, -0.2) is 8.42 Å². The van der Waals surface area contributed by atoms with Gasteiger partial charge in [-0.15, -0.1) is 0 Å². The van der Waals surface area contributed by atoms with Gasteiger partial charge < -0.3 is 19.1 Å². The number of amides is 1. The molecule has 9 heteroatoms. The van der Waals surface area contributed by atoms with Gasteiger partial charge in [-0.1, -0.05) is 18.2 Å². The van der Waals surface area contributed by atoms with Crippen molar-refractivity contribution in [2.75, 3.05) is 32.7 Å². The molecular weight excluding hydrogens is 480 g/mol. The van der Waals surface area contributed by atoms with E-state index in [-0.39, 0.29) is 16.8 Å². The maximum atomic E-state index is 13.3. The summed E-state index contributed by atoms with van der Waals surface area (Å²) in [7, 11) is 2.64. The third-order valence-electron chi connectivity index (χ3n) is 6.27. The fraction of sp³-hybridized carbons (Fsp3) is 0.296. The quantitative estimate of drug-likeness (QED) is 0.453. The summed E-state index contributed by atoms with van der Waals surface area (Å²) in [6.07, 6.45) is 0.527. The molecule has 1 amide bonds. The van der Waals surface area contributed by atoms with Gasteiger partial charge in [0, 0.05) is 25.2 Å². The Labute approximate surface area is 212 Å². The molecule has 0 saturated heterocycles. The Bertz CT molecular complexity index is 1350. The number of benzene rings is 3. The van der Waals surface area contributed by atoms with Crippen LogP contribution in [0, 0.1) is 0 Å². The fourth-order valence-corrected chi connectivity index (χ4v) is 6.31. The van der Waals surface area contributed by atoms with Crippen molar-refractivity contribution < 1.29 is 27.4 Å². The number of fused-ring (bicyclic) bond motifs is 1. The first-order chi connectivity index (χ1) is 17.2. The highest BCUT2D eigenvalue weighted by Crippen LogP contribution is 2.39. The number of anilines is 1. The molecule has 0 saturated carbocycles. The van der Waals surface area contributed by atoms with Gasteiger partial charge in [-0.2, -0.15) is 0 Å². The topological polar surface area (TPSA) is 85.4 Å². The van der Waals surface area contributed by atoms with Crippen molar-refractivity contribution in [1.82, 2.24) is 4.90 Å². The first kappa shape index (κ1) is 25.4. The van der Waals surface area contributed by atoms with Crippen molar-refractivity contribution >= 4 is 21.6 Å². The van der Waals surface area contributed by atoms with E-state index in [1.165, 1.54) is 11.4 Å². The molecule has 36 heavy (non-hydrogen) atoms. The monoisotopic (exact) mass is 510 g/mol. The number of hydrogen-bond donors (Lipinski definition) is 0. The Morgan fingerprint density at radius 3 is 2.19 bits per heavy atom. The average molecular weight is 511 g/mol. The number of rotatable bonds is 8. The minimum atomic E-state index is -3.71. The number of hydrogen-bond acceptors (Lipinski definition) is 6. The smallest absolute Gasteiger partial charge is 0.264 e. The second-order valence-electron chi connectivity index (χ2n) is 8.71. The molecular formula is C27H30N2O6S. The zero-order valence-electron chi connectivity index (χ0n) is 21.0. The molecule has 3 aromatic carbocycles. The Kier molecular flexibility index (Phi) is 7.12. The lowest BCUT2D eigenvalue weighted by atomic mass is 10.1. The van der Waals surface area contributed by atoms with Gasteiger partial charge in [0.05, 0.1) is 31.9 Å². The Morgan fingerprint density at radius 2 is 1.61 bits per heavy atom. The zero-order valence-corrected chi connectivity index (χ0v) is 21.8. The summed E-state index contributed by atoms with van der Waals surface area (Å²) in [4.78, 5) is 15.1. The van der Waals surface area contributed by atoms with Crippen LogP contribution >= 0.6 is 0 Å². The van der Waals surface area contributed by atoms with Crippen molar-refractivity contribution in [1.29, 1.82) is 0 Å². The van der Waals surface area contributed by atoms with Gasteiger partial charge in [0.2, 0.25) is 5.75 Å². The summed E-state index contributed by atoms with van der Waals surface area (Å²) in [6, 6.07) is 16.9. The van der Waals surface area contributed by atoms with Crippen LogP contribution in [0.25, 0.3) is 0 Å². The SMILES string of the molecule is COc1cc(CN(C)C(=O)c2ccc3c(c2)C[C@@H](C)N3S(=O)(=O)c2ccccc2)cc(OC)c1OC. The normalized spacial score (nSPS) is 14.8. The lowest BCUT2D eigenvalue weighted by Crippen LogP contribution is -2.35. The van der Waals surface area contributed by atoms with Crippen molar-refractivity contribution in [3.63, 3.8) is 0 Å². The summed E-state index contributed by atoms with van der Waals surface area (Å²) in [6.45, 7) is 2.19. The summed E-state index contributed by atoms with van der Waals surface area (Å²) in [5.74, 6) is 1.34. The second kappa shape index (κ2) is 10.1. The molecule has 3 aromatic rings. The molecule has 1 heterocycles. The number of nitrogens with zero attached hydrogens (tertiary/aromatic N) is 2. The highest BCUT2D eigenvalue weighted by atomic mass is 32.2. The van der Waals surface area contributed by atoms with Crippen LogP contribution in [-0.4, -0.2) is 53.6 Å². The Morgan fingerprint density at radius 1 is 0.972 bits per heavy atom. The minimum absolute atomic E-state index is 0.177. The van der Waals surface area contributed by atoms with E-state index >= 15 is 0 Å². The highest BCUT2D eigenvalue weighted by molar-refractivity contribution is 7.92. The van der Waals surface area contributed by atoms with E-state index in [2.05, 4.69) is 0 Å². The maximum Gasteiger partial charge on any atom is 0.264 e. The molecule has 0 aromatic heterocycles. The molecule has 0 bridgehead atoms. The van der Waals surface area contributed by atoms with E-state index in [0.29, 0.717) is 41.5 Å². The molecule has 0 aliphatic carbocycles. The lowest BCUT2D eigenvalue weighted by Gasteiger charge is -2.24. The molecule has 8 nitrogen and oxygen atoms in total. The third kappa shape index (κ3) is 4.58. The fourth-order valence-electron chi connectivity index (χ4n) is 4.60. The summed E-state index contributed by atoms with van der Waals surface area (Å²) in [5, 5.41) is 0. The van der Waals surface area contributed by atoms with Crippen LogP contribution in [0.3, 0.4) is 0 Å². The van der Waals surface area contributed by atoms with Gasteiger partial charge in [-0.3, -0.25) is 9.10 Å². The zero-order chi connectivity index (χ0) is 26.0. The lowest BCUT2D eigenvalue weighted by molar-refractivity contribution is 0.0784. The van der Waals surface area contributed by atoms with Gasteiger partial charge in [0.25, 0.3) is 15.9 Å². The number of sulfonamides is 1. The number of methoxy groups -OCH3 is 3. The summed E-state index contributed by atoms with van der Waals surface area (Å²) < 4.78 is 44.3. The van der Waals surface area contributed by atoms with Crippen molar-refractivity contribution in [3.05, 3.63) is 77.4 Å². The van der Waals surface area contributed by atoms with Crippen molar-refractivity contribution in [2.24, 2.45) is 0 Å². The number of ether oxygens (including phenoxy) is 3. The van der Waals surface area contributed by atoms with Crippen molar-refractivity contribution in [3.8, 4) is 17.2 Å². The van der Waals surface area contributed by atoms with E-state index in [1.54, 1.807) is 74.7 Å². The number of carbonyl (C=O) groups is 1. The van der Waals surface area contributed by atoms with Crippen LogP contribution in [0.15, 0.2) is 65.6 Å². The highest BCUT2D eigenvalue weighted by Gasteiger charge is 2.36. The van der Waals surface area contributed by atoms with Crippen LogP contribution in [0.5, 0.6) is 17.2 Å². The van der Waals surface area contributed by atoms with E-state index in [0.717, 1.165) is 11.1 Å². The minimum Gasteiger partial charge on any atom is -0.493 e. The Hall–Kier alpha value is -3.72. The first-order valence-corrected chi connectivity index (χ1v) is 12.9. The molecule has 0 radical (unpaired) electrons. The molecule has 1 aliphatic rings. The predicted molar refractivity (Wildman–Crippen MR) is 138 cm³/mol. The molecule has 0 unspecified atom stereocenters. The standard InChI is InChI=1S/C27H30N2O6S/c1-18-13-21-16-20(11-12-23(21)29(18)36(31,32)22-9-7-6-8-10-22)27(30)28(2)17-19-14-24(33-3)26(35-5)25(15-19)34-4/h6-12,14-16,18H,13,17H2,1-5H3/t18-/m1/s1. The van der Waals surface area contributed by atoms with Crippen LogP contribution < -0.4 is 18.5 Å². The van der Waals surface area contributed by atoms with Crippen molar-refractivity contribution in [2.45, 2.75) is 30.8 Å². The number of carbonyl (C=O) groups excluding carboxylic acids is 1. The Balaban J connectivity index is 1.58. The van der Waals surface area contributed by atoms with Crippen LogP contribution in [0.2, 0.25) is 0 Å². The average Bonchev–Trinajstić information content (AvgIpc) is 3.23. The van der Waals surface area contributed by atoms with E-state index in [1.807, 2.05) is 19.1 Å². The summed E-state index contributed by atoms with van der Waals surface area (Å²) in [5.41, 5.74) is 2.74. The van der Waals surface area contributed by atoms with Gasteiger partial charge in [0.15, 0.2) is 11.5 Å². The van der Waals surface area contributed by atoms with E-state index in [4.69, 9.17) is 14.2 Å². The van der Waals surface area contributed by atoms with Gasteiger partial charge in [-0.05, 0) is 66.9 Å².